The van der Waals surface area contributed by atoms with Crippen LogP contribution in [0.25, 0.3) is 0 Å². The molecule has 0 aromatic carbocycles. The third-order valence-electron chi connectivity index (χ3n) is 7.57. The molecule has 0 spiro atoms. The third kappa shape index (κ3) is 9.33. The molecule has 1 saturated heterocycles. The molecule has 206 valence electrons. The van der Waals surface area contributed by atoms with Crippen molar-refractivity contribution in [3.63, 3.8) is 0 Å². The van der Waals surface area contributed by atoms with Crippen molar-refractivity contribution < 1.29 is 23.6 Å². The molecule has 0 saturated carbocycles. The summed E-state index contributed by atoms with van der Waals surface area (Å²) in [4.78, 5) is 12.6. The molecule has 2 rings (SSSR count). The molecule has 36 heavy (non-hydrogen) atoms. The summed E-state index contributed by atoms with van der Waals surface area (Å²) in [7, 11) is 1.40. The molecule has 1 fully saturated rings. The lowest BCUT2D eigenvalue weighted by Gasteiger charge is -2.27. The van der Waals surface area contributed by atoms with Gasteiger partial charge in [-0.1, -0.05) is 90.4 Å². The second kappa shape index (κ2) is 17.7. The highest BCUT2D eigenvalue weighted by Gasteiger charge is 2.38. The Hall–Kier alpha value is -1.66. The van der Waals surface area contributed by atoms with E-state index in [0.717, 1.165) is 36.3 Å². The highest BCUT2D eigenvalue weighted by Crippen LogP contribution is 2.33. The molecular formula is C30H53N2O4+. The zero-order valence-corrected chi connectivity index (χ0v) is 23.7. The molecule has 1 aromatic rings. The van der Waals surface area contributed by atoms with E-state index in [0.29, 0.717) is 31.1 Å². The number of carbonyl (C=O) groups excluding carboxylic acids is 1. The molecular weight excluding hydrogens is 452 g/mol. The Morgan fingerprint density at radius 3 is 1.92 bits per heavy atom. The zero-order valence-electron chi connectivity index (χ0n) is 23.7. The van der Waals surface area contributed by atoms with Crippen molar-refractivity contribution in [2.45, 2.75) is 136 Å². The minimum absolute atomic E-state index is 0.00139. The zero-order chi connectivity index (χ0) is 26.2. The molecule has 1 aliphatic heterocycles. The van der Waals surface area contributed by atoms with Gasteiger partial charge in [-0.2, -0.15) is 4.57 Å². The summed E-state index contributed by atoms with van der Waals surface area (Å²) in [6.07, 6.45) is 19.8. The van der Waals surface area contributed by atoms with E-state index < -0.39 is 5.97 Å². The number of rotatable bonds is 20. The van der Waals surface area contributed by atoms with Gasteiger partial charge in [-0.3, -0.25) is 0 Å². The van der Waals surface area contributed by atoms with Crippen LogP contribution in [0.3, 0.4) is 0 Å². The number of anilines is 1. The van der Waals surface area contributed by atoms with E-state index in [9.17, 15) is 4.79 Å². The van der Waals surface area contributed by atoms with E-state index in [1.54, 1.807) is 0 Å². The fourth-order valence-electron chi connectivity index (χ4n) is 5.24. The molecule has 6 nitrogen and oxygen atoms in total. The number of esters is 1. The highest BCUT2D eigenvalue weighted by atomic mass is 16.5. The number of aromatic nitrogens is 1. The minimum Gasteiger partial charge on any atom is -0.461 e. The van der Waals surface area contributed by atoms with Gasteiger partial charge in [-0.15, -0.1) is 0 Å². The Morgan fingerprint density at radius 2 is 1.47 bits per heavy atom. The number of nitrogens with zero attached hydrogens (tertiary/aromatic N) is 1. The van der Waals surface area contributed by atoms with Crippen LogP contribution in [0.4, 0.5) is 5.69 Å². The lowest BCUT2D eigenvalue weighted by molar-refractivity contribution is -0.707. The summed E-state index contributed by atoms with van der Waals surface area (Å²) >= 11 is 0. The monoisotopic (exact) mass is 505 g/mol. The van der Waals surface area contributed by atoms with Crippen molar-refractivity contribution in [3.05, 3.63) is 22.5 Å². The molecule has 1 unspecified atom stereocenters. The fraction of sp³-hybridized carbons (Fsp3) is 0.800. The van der Waals surface area contributed by atoms with E-state index >= 15 is 0 Å². The molecule has 2 N–H and O–H groups in total. The van der Waals surface area contributed by atoms with Gasteiger partial charge in [0.2, 0.25) is 5.69 Å². The number of methoxy groups -OCH3 is 1. The first-order valence-electron chi connectivity index (χ1n) is 14.7. The topological polar surface area (TPSA) is 74.7 Å². The molecule has 0 aliphatic carbocycles. The van der Waals surface area contributed by atoms with Crippen LogP contribution >= 0.6 is 0 Å². The second-order valence-corrected chi connectivity index (χ2v) is 10.3. The average molecular weight is 506 g/mol. The predicted octanol–water partition coefficient (Wildman–Crippen LogP) is 7.13. The summed E-state index contributed by atoms with van der Waals surface area (Å²) in [5.41, 5.74) is 10.3. The molecule has 2 heterocycles. The predicted molar refractivity (Wildman–Crippen MR) is 146 cm³/mol. The van der Waals surface area contributed by atoms with Gasteiger partial charge in [0.1, 0.15) is 18.3 Å². The number of hydrogen-bond donors (Lipinski definition) is 1. The van der Waals surface area contributed by atoms with Crippen LogP contribution in [0.2, 0.25) is 0 Å². The van der Waals surface area contributed by atoms with Crippen LogP contribution in [0.15, 0.2) is 0 Å². The fourth-order valence-corrected chi connectivity index (χ4v) is 5.24. The number of ether oxygens (including phenoxy) is 3. The maximum atomic E-state index is 12.6. The van der Waals surface area contributed by atoms with Gasteiger partial charge < -0.3 is 19.9 Å². The Kier molecular flexibility index (Phi) is 15.1. The molecule has 0 bridgehead atoms. The lowest BCUT2D eigenvalue weighted by Crippen LogP contribution is -2.48. The Balaban J connectivity index is 1.69. The number of carbonyl (C=O) groups is 1. The van der Waals surface area contributed by atoms with Crippen LogP contribution in [0.5, 0.6) is 0 Å². The van der Waals surface area contributed by atoms with E-state index in [1.165, 1.54) is 90.6 Å². The molecule has 1 atom stereocenters. The molecule has 0 amide bonds. The first kappa shape index (κ1) is 30.6. The first-order chi connectivity index (χ1) is 17.6. The van der Waals surface area contributed by atoms with E-state index in [-0.39, 0.29) is 6.10 Å². The number of unbranched alkanes of at least 4 members (excludes halogenated alkanes) is 13. The van der Waals surface area contributed by atoms with Gasteiger partial charge in [-0.25, -0.2) is 4.79 Å². The largest absolute Gasteiger partial charge is 0.461 e. The van der Waals surface area contributed by atoms with Crippen molar-refractivity contribution in [2.24, 2.45) is 0 Å². The van der Waals surface area contributed by atoms with Crippen molar-refractivity contribution in [2.75, 3.05) is 26.1 Å². The molecule has 1 aliphatic rings. The maximum absolute atomic E-state index is 12.6. The summed E-state index contributed by atoms with van der Waals surface area (Å²) < 4.78 is 18.8. The molecule has 0 radical (unpaired) electrons. The van der Waals surface area contributed by atoms with Crippen LogP contribution < -0.4 is 10.3 Å². The smallest absolute Gasteiger partial charge is 0.405 e. The third-order valence-corrected chi connectivity index (χ3v) is 7.57. The normalized spacial score (nSPS) is 15.2. The number of nitrogens with two attached hydrogens (primary N) is 1. The summed E-state index contributed by atoms with van der Waals surface area (Å²) in [5.74, 6) is -0.414. The first-order valence-corrected chi connectivity index (χ1v) is 14.7. The Bertz CT molecular complexity index is 777. The van der Waals surface area contributed by atoms with Gasteiger partial charge >= 0.3 is 11.7 Å². The Morgan fingerprint density at radius 1 is 0.944 bits per heavy atom. The maximum Gasteiger partial charge on any atom is 0.405 e. The van der Waals surface area contributed by atoms with Gasteiger partial charge in [0, 0.05) is 24.2 Å². The van der Waals surface area contributed by atoms with E-state index in [4.69, 9.17) is 19.9 Å². The highest BCUT2D eigenvalue weighted by molar-refractivity contribution is 5.92. The van der Waals surface area contributed by atoms with Crippen LogP contribution in [0.1, 0.15) is 144 Å². The Labute approximate surface area is 220 Å². The van der Waals surface area contributed by atoms with Gasteiger partial charge in [0.05, 0.1) is 20.3 Å². The van der Waals surface area contributed by atoms with E-state index in [1.807, 2.05) is 11.5 Å². The van der Waals surface area contributed by atoms with Gasteiger partial charge in [0.25, 0.3) is 0 Å². The number of nitrogen functional groups attached to an aromatic ring is 1. The average Bonchev–Trinajstić information content (AvgIpc) is 2.85. The van der Waals surface area contributed by atoms with Crippen molar-refractivity contribution in [1.29, 1.82) is 0 Å². The number of hydrogen-bond acceptors (Lipinski definition) is 5. The van der Waals surface area contributed by atoms with Crippen LogP contribution in [0, 0.1) is 6.92 Å². The quantitative estimate of drug-likeness (QED) is 0.116. The SMILES string of the molecule is CCCCCCCCCCCCCCCCOCc1c(C)c(C2CCO2)[n+](CC)c(C(=O)OC)c1N. The number of pyridine rings is 1. The standard InChI is InChI=1S/C30H52N2O4/c1-5-7-8-9-10-11-12-13-14-15-16-17-18-19-21-35-23-25-24(3)28(26-20-22-36-26)32(6-2)29(27(25)31)30(33)34-4/h26H,5-23H2,1-4H3,(H-,31,33)/p+1. The lowest BCUT2D eigenvalue weighted by atomic mass is 9.97. The summed E-state index contributed by atoms with van der Waals surface area (Å²) in [5, 5.41) is 0. The van der Waals surface area contributed by atoms with Gasteiger partial charge in [-0.05, 0) is 20.3 Å². The second-order valence-electron chi connectivity index (χ2n) is 10.3. The van der Waals surface area contributed by atoms with Crippen molar-refractivity contribution in [1.82, 2.24) is 0 Å². The minimum atomic E-state index is -0.414. The van der Waals surface area contributed by atoms with Gasteiger partial charge in [0.15, 0.2) is 0 Å². The van der Waals surface area contributed by atoms with E-state index in [2.05, 4.69) is 13.8 Å². The summed E-state index contributed by atoms with van der Waals surface area (Å²) in [6, 6.07) is 0. The summed E-state index contributed by atoms with van der Waals surface area (Å²) in [6.45, 7) is 8.85. The van der Waals surface area contributed by atoms with Crippen molar-refractivity contribution >= 4 is 11.7 Å². The van der Waals surface area contributed by atoms with Crippen molar-refractivity contribution in [3.8, 4) is 0 Å². The van der Waals surface area contributed by atoms with Crippen LogP contribution in [-0.2, 0) is 27.4 Å². The molecule has 6 heteroatoms. The van der Waals surface area contributed by atoms with Crippen LogP contribution in [-0.4, -0.2) is 26.3 Å². The molecule has 1 aromatic heterocycles.